The molecule has 8 aliphatic rings. The number of ether oxygens (including phenoxy) is 2. The minimum Gasteiger partial charge on any atom is -0.483 e. The maximum atomic E-state index is 13.6. The lowest BCUT2D eigenvalue weighted by Crippen LogP contribution is -2.53. The smallest absolute Gasteiger partial charge is 0.338 e. The van der Waals surface area contributed by atoms with E-state index in [-0.39, 0.29) is 22.4 Å². The topological polar surface area (TPSA) is 69.7 Å². The molecule has 0 amide bonds. The van der Waals surface area contributed by atoms with E-state index in [4.69, 9.17) is 9.47 Å². The number of esters is 1. The van der Waals surface area contributed by atoms with E-state index in [0.717, 1.165) is 56.3 Å². The van der Waals surface area contributed by atoms with Crippen molar-refractivity contribution >= 4 is 17.5 Å². The molecule has 8 aliphatic carbocycles. The highest BCUT2D eigenvalue weighted by Gasteiger charge is 2.56. The highest BCUT2D eigenvalue weighted by molar-refractivity contribution is 5.95. The highest BCUT2D eigenvalue weighted by Crippen LogP contribution is 2.61. The summed E-state index contributed by atoms with van der Waals surface area (Å²) in [7, 11) is 0. The number of benzene rings is 1. The van der Waals surface area contributed by atoms with Crippen molar-refractivity contribution < 1.29 is 23.9 Å². The molecule has 8 fully saturated rings. The minimum absolute atomic E-state index is 0.127. The number of hydrogen-bond donors (Lipinski definition) is 0. The van der Waals surface area contributed by atoms with Gasteiger partial charge in [-0.1, -0.05) is 0 Å². The van der Waals surface area contributed by atoms with Gasteiger partial charge < -0.3 is 9.47 Å². The average Bonchev–Trinajstić information content (AvgIpc) is 2.86. The quantitative estimate of drug-likeness (QED) is 0.364. The molecule has 8 bridgehead atoms. The van der Waals surface area contributed by atoms with Crippen molar-refractivity contribution in [2.24, 2.45) is 46.3 Å². The summed E-state index contributed by atoms with van der Waals surface area (Å²) in [6.07, 6.45) is 12.6. The molecule has 2 atom stereocenters. The molecular weight excluding hydrogens is 476 g/mol. The number of rotatable bonds is 8. The molecule has 9 rings (SSSR count). The van der Waals surface area contributed by atoms with Crippen molar-refractivity contribution in [3.8, 4) is 5.75 Å². The van der Waals surface area contributed by atoms with E-state index in [1.807, 2.05) is 6.92 Å². The zero-order valence-corrected chi connectivity index (χ0v) is 23.0. The first-order chi connectivity index (χ1) is 18.2. The highest BCUT2D eigenvalue weighted by atomic mass is 16.5. The summed E-state index contributed by atoms with van der Waals surface area (Å²) in [6.45, 7) is 3.62. The fourth-order valence-electron chi connectivity index (χ4n) is 10.9. The number of carbonyl (C=O) groups excluding carboxylic acids is 3. The summed E-state index contributed by atoms with van der Waals surface area (Å²) in [5.74, 6) is 4.71. The Morgan fingerprint density at radius 2 is 1.00 bits per heavy atom. The Morgan fingerprint density at radius 3 is 1.39 bits per heavy atom. The molecule has 5 nitrogen and oxygen atoms in total. The van der Waals surface area contributed by atoms with E-state index < -0.39 is 18.2 Å². The summed E-state index contributed by atoms with van der Waals surface area (Å²) in [4.78, 5) is 40.0. The zero-order valence-electron chi connectivity index (χ0n) is 23.0. The number of ketones is 2. The lowest BCUT2D eigenvalue weighted by Gasteiger charge is -2.56. The van der Waals surface area contributed by atoms with Gasteiger partial charge in [0, 0.05) is 10.8 Å². The normalized spacial score (nSPS) is 41.5. The Balaban J connectivity index is 0.963. The minimum atomic E-state index is -0.729. The lowest BCUT2D eigenvalue weighted by atomic mass is 9.48. The molecule has 0 N–H and O–H groups in total. The fourth-order valence-corrected chi connectivity index (χ4v) is 10.9. The van der Waals surface area contributed by atoms with E-state index in [0.29, 0.717) is 29.1 Å². The van der Waals surface area contributed by atoms with Crippen LogP contribution in [0.1, 0.15) is 101 Å². The summed E-state index contributed by atoms with van der Waals surface area (Å²) < 4.78 is 11.8. The number of carbonyl (C=O) groups is 3. The third-order valence-electron chi connectivity index (χ3n) is 11.5. The van der Waals surface area contributed by atoms with Gasteiger partial charge in [0.05, 0.1) is 5.56 Å². The van der Waals surface area contributed by atoms with E-state index in [1.54, 1.807) is 31.2 Å². The van der Waals surface area contributed by atoms with Crippen LogP contribution < -0.4 is 4.74 Å². The maximum absolute atomic E-state index is 13.6. The van der Waals surface area contributed by atoms with Gasteiger partial charge in [-0.25, -0.2) is 4.79 Å². The first-order valence-electron chi connectivity index (χ1n) is 15.3. The van der Waals surface area contributed by atoms with Gasteiger partial charge in [-0.05, 0) is 151 Å². The summed E-state index contributed by atoms with van der Waals surface area (Å²) in [5, 5.41) is 0. The Morgan fingerprint density at radius 1 is 0.632 bits per heavy atom. The van der Waals surface area contributed by atoms with Crippen molar-refractivity contribution in [2.75, 3.05) is 0 Å². The van der Waals surface area contributed by atoms with Gasteiger partial charge in [0.2, 0.25) is 0 Å². The molecule has 0 aliphatic heterocycles. The van der Waals surface area contributed by atoms with Crippen LogP contribution in [0.15, 0.2) is 24.3 Å². The van der Waals surface area contributed by atoms with Gasteiger partial charge in [-0.15, -0.1) is 0 Å². The van der Waals surface area contributed by atoms with Crippen LogP contribution in [0.2, 0.25) is 0 Å². The predicted molar refractivity (Wildman–Crippen MR) is 143 cm³/mol. The van der Waals surface area contributed by atoms with Crippen LogP contribution in [0.3, 0.4) is 0 Å². The molecule has 1 aromatic rings. The van der Waals surface area contributed by atoms with Crippen molar-refractivity contribution in [3.63, 3.8) is 0 Å². The van der Waals surface area contributed by atoms with Crippen molar-refractivity contribution in [1.82, 2.24) is 0 Å². The Kier molecular flexibility index (Phi) is 5.83. The maximum Gasteiger partial charge on any atom is 0.338 e. The van der Waals surface area contributed by atoms with E-state index >= 15 is 0 Å². The first kappa shape index (κ1) is 24.8. The van der Waals surface area contributed by atoms with E-state index in [2.05, 4.69) is 0 Å². The standard InChI is InChI=1S/C33H42O5/c1-19(29(34)32-13-21-7-22(14-32)9-23(8-21)15-32)37-28-5-3-27(4-6-28)31(36)38-20(2)30(35)33-16-24-10-25(17-33)12-26(11-24)18-33/h3-6,19-26H,7-18H2,1-2H3/t19-,20-,21?,22?,23?,24?,25?,26?,32?,33?/m1/s1. The molecule has 0 unspecified atom stereocenters. The lowest BCUT2D eigenvalue weighted by molar-refractivity contribution is -0.152. The van der Waals surface area contributed by atoms with Gasteiger partial charge in [-0.3, -0.25) is 9.59 Å². The van der Waals surface area contributed by atoms with Gasteiger partial charge in [0.1, 0.15) is 5.75 Å². The van der Waals surface area contributed by atoms with E-state index in [1.165, 1.54) is 38.5 Å². The monoisotopic (exact) mass is 518 g/mol. The Bertz CT molecular complexity index is 1060. The van der Waals surface area contributed by atoms with Crippen LogP contribution in [0.4, 0.5) is 0 Å². The van der Waals surface area contributed by atoms with E-state index in [9.17, 15) is 14.4 Å². The second-order valence-electron chi connectivity index (χ2n) is 14.5. The summed E-state index contributed by atoms with van der Waals surface area (Å²) >= 11 is 0. The van der Waals surface area contributed by atoms with Crippen molar-refractivity contribution in [1.29, 1.82) is 0 Å². The third-order valence-corrected chi connectivity index (χ3v) is 11.5. The fraction of sp³-hybridized carbons (Fsp3) is 0.727. The van der Waals surface area contributed by atoms with Crippen LogP contribution >= 0.6 is 0 Å². The van der Waals surface area contributed by atoms with Crippen LogP contribution in [0.25, 0.3) is 0 Å². The Labute approximate surface area is 226 Å². The molecule has 0 radical (unpaired) electrons. The molecule has 204 valence electrons. The third kappa shape index (κ3) is 4.14. The molecule has 38 heavy (non-hydrogen) atoms. The second-order valence-corrected chi connectivity index (χ2v) is 14.5. The van der Waals surface area contributed by atoms with Crippen LogP contribution in [0.5, 0.6) is 5.75 Å². The molecule has 8 saturated carbocycles. The summed E-state index contributed by atoms with van der Waals surface area (Å²) in [5.41, 5.74) is -0.0504. The molecule has 0 saturated heterocycles. The molecule has 0 aromatic heterocycles. The van der Waals surface area contributed by atoms with Crippen LogP contribution in [-0.4, -0.2) is 29.7 Å². The van der Waals surface area contributed by atoms with Crippen LogP contribution in [-0.2, 0) is 14.3 Å². The number of hydrogen-bond acceptors (Lipinski definition) is 5. The first-order valence-corrected chi connectivity index (χ1v) is 15.3. The molecule has 1 aromatic carbocycles. The van der Waals surface area contributed by atoms with Gasteiger partial charge in [0.15, 0.2) is 23.8 Å². The van der Waals surface area contributed by atoms with Gasteiger partial charge in [0.25, 0.3) is 0 Å². The predicted octanol–water partition coefficient (Wildman–Crippen LogP) is 6.57. The zero-order chi connectivity index (χ0) is 26.2. The van der Waals surface area contributed by atoms with Crippen molar-refractivity contribution in [2.45, 2.75) is 103 Å². The number of Topliss-reactive ketones (excluding diaryl/α,β-unsaturated/α-hetero) is 2. The van der Waals surface area contributed by atoms with Crippen LogP contribution in [0, 0.1) is 46.3 Å². The van der Waals surface area contributed by atoms with Gasteiger partial charge >= 0.3 is 5.97 Å². The Hall–Kier alpha value is -2.17. The molecule has 0 spiro atoms. The SMILES string of the molecule is C[C@@H](OC(=O)c1ccc(O[C@H](C)C(=O)C23CC4CC(CC(C4)C2)C3)cc1)C(=O)C12CC3CC(CC(C3)C1)C2. The molecule has 0 heterocycles. The molecule has 5 heteroatoms. The average molecular weight is 519 g/mol. The molecular formula is C33H42O5. The second kappa shape index (κ2) is 8.93. The van der Waals surface area contributed by atoms with Gasteiger partial charge in [-0.2, -0.15) is 0 Å². The largest absolute Gasteiger partial charge is 0.483 e. The summed E-state index contributed by atoms with van der Waals surface area (Å²) in [6, 6.07) is 6.85. The van der Waals surface area contributed by atoms with Crippen molar-refractivity contribution in [3.05, 3.63) is 29.8 Å².